The van der Waals surface area contributed by atoms with Gasteiger partial charge in [-0.05, 0) is 32.2 Å². The number of nitrogens with one attached hydrogen (secondary N) is 1. The summed E-state index contributed by atoms with van der Waals surface area (Å²) >= 11 is 0. The standard InChI is InChI=1S/C10H18N2O/c1-12-6-4-8(10(12)13)7-9-3-2-5-11-9/h8-9,11H,2-7H2,1H3. The first-order valence-corrected chi connectivity index (χ1v) is 5.26. The summed E-state index contributed by atoms with van der Waals surface area (Å²) in [7, 11) is 1.91. The molecule has 2 unspecified atom stereocenters. The Morgan fingerprint density at radius 2 is 2.38 bits per heavy atom. The highest BCUT2D eigenvalue weighted by molar-refractivity contribution is 5.80. The second-order valence-corrected chi connectivity index (χ2v) is 4.27. The lowest BCUT2D eigenvalue weighted by Crippen LogP contribution is -2.29. The number of carbonyl (C=O) groups is 1. The topological polar surface area (TPSA) is 32.3 Å². The Hall–Kier alpha value is -0.570. The summed E-state index contributed by atoms with van der Waals surface area (Å²) in [5.41, 5.74) is 0. The molecule has 2 aliphatic heterocycles. The zero-order valence-corrected chi connectivity index (χ0v) is 8.25. The van der Waals surface area contributed by atoms with E-state index in [4.69, 9.17) is 0 Å². The first kappa shape index (κ1) is 9.00. The van der Waals surface area contributed by atoms with Gasteiger partial charge in [-0.1, -0.05) is 0 Å². The Bertz CT molecular complexity index is 199. The van der Waals surface area contributed by atoms with E-state index in [0.29, 0.717) is 17.9 Å². The first-order valence-electron chi connectivity index (χ1n) is 5.26. The number of hydrogen-bond donors (Lipinski definition) is 1. The highest BCUT2D eigenvalue weighted by Crippen LogP contribution is 2.24. The quantitative estimate of drug-likeness (QED) is 0.678. The van der Waals surface area contributed by atoms with E-state index in [1.165, 1.54) is 12.8 Å². The van der Waals surface area contributed by atoms with E-state index in [-0.39, 0.29) is 0 Å². The maximum atomic E-state index is 11.6. The van der Waals surface area contributed by atoms with Crippen molar-refractivity contribution in [2.75, 3.05) is 20.1 Å². The van der Waals surface area contributed by atoms with Crippen LogP contribution in [-0.4, -0.2) is 37.0 Å². The molecule has 0 saturated carbocycles. The van der Waals surface area contributed by atoms with Gasteiger partial charge in [0.25, 0.3) is 0 Å². The lowest BCUT2D eigenvalue weighted by atomic mass is 9.97. The maximum Gasteiger partial charge on any atom is 0.225 e. The van der Waals surface area contributed by atoms with Crippen molar-refractivity contribution >= 4 is 5.91 Å². The van der Waals surface area contributed by atoms with Crippen LogP contribution in [0.15, 0.2) is 0 Å². The van der Waals surface area contributed by atoms with Crippen LogP contribution in [-0.2, 0) is 4.79 Å². The SMILES string of the molecule is CN1CCC(CC2CCCN2)C1=O. The van der Waals surface area contributed by atoms with Crippen molar-refractivity contribution in [1.82, 2.24) is 10.2 Å². The number of hydrogen-bond acceptors (Lipinski definition) is 2. The molecule has 0 aliphatic carbocycles. The van der Waals surface area contributed by atoms with Crippen LogP contribution in [0, 0.1) is 5.92 Å². The van der Waals surface area contributed by atoms with E-state index in [9.17, 15) is 4.79 Å². The first-order chi connectivity index (χ1) is 6.27. The Morgan fingerprint density at radius 3 is 2.92 bits per heavy atom. The third-order valence-electron chi connectivity index (χ3n) is 3.27. The van der Waals surface area contributed by atoms with Crippen LogP contribution in [0.25, 0.3) is 0 Å². The molecule has 0 aromatic heterocycles. The molecule has 0 aromatic rings. The number of nitrogens with zero attached hydrogens (tertiary/aromatic N) is 1. The molecule has 2 rings (SSSR count). The van der Waals surface area contributed by atoms with Crippen molar-refractivity contribution in [2.24, 2.45) is 5.92 Å². The number of likely N-dealkylation sites (tertiary alicyclic amines) is 1. The zero-order valence-electron chi connectivity index (χ0n) is 8.25. The highest BCUT2D eigenvalue weighted by atomic mass is 16.2. The van der Waals surface area contributed by atoms with Crippen LogP contribution in [0.2, 0.25) is 0 Å². The van der Waals surface area contributed by atoms with E-state index in [0.717, 1.165) is 25.9 Å². The van der Waals surface area contributed by atoms with Gasteiger partial charge < -0.3 is 10.2 Å². The van der Waals surface area contributed by atoms with Gasteiger partial charge in [0, 0.05) is 25.6 Å². The van der Waals surface area contributed by atoms with Gasteiger partial charge in [-0.25, -0.2) is 0 Å². The molecular weight excluding hydrogens is 164 g/mol. The smallest absolute Gasteiger partial charge is 0.225 e. The molecule has 0 bridgehead atoms. The molecule has 2 fully saturated rings. The summed E-state index contributed by atoms with van der Waals surface area (Å²) in [6, 6.07) is 0.612. The van der Waals surface area contributed by atoms with Gasteiger partial charge >= 0.3 is 0 Å². The lowest BCUT2D eigenvalue weighted by molar-refractivity contribution is -0.130. The minimum Gasteiger partial charge on any atom is -0.345 e. The van der Waals surface area contributed by atoms with Crippen LogP contribution in [0.5, 0.6) is 0 Å². The van der Waals surface area contributed by atoms with E-state index in [1.807, 2.05) is 11.9 Å². The van der Waals surface area contributed by atoms with Crippen molar-refractivity contribution < 1.29 is 4.79 Å². The van der Waals surface area contributed by atoms with Crippen molar-refractivity contribution in [2.45, 2.75) is 31.7 Å². The molecule has 1 N–H and O–H groups in total. The predicted molar refractivity (Wildman–Crippen MR) is 51.4 cm³/mol. The van der Waals surface area contributed by atoms with Crippen LogP contribution in [0.4, 0.5) is 0 Å². The number of amides is 1. The minimum absolute atomic E-state index is 0.306. The minimum atomic E-state index is 0.306. The number of carbonyl (C=O) groups excluding carboxylic acids is 1. The largest absolute Gasteiger partial charge is 0.345 e. The molecular formula is C10H18N2O. The van der Waals surface area contributed by atoms with Gasteiger partial charge in [0.05, 0.1) is 0 Å². The highest BCUT2D eigenvalue weighted by Gasteiger charge is 2.31. The van der Waals surface area contributed by atoms with Crippen molar-refractivity contribution in [3.63, 3.8) is 0 Å². The molecule has 1 amide bonds. The molecule has 2 aliphatic rings. The Balaban J connectivity index is 1.84. The average molecular weight is 182 g/mol. The van der Waals surface area contributed by atoms with Crippen LogP contribution < -0.4 is 5.32 Å². The van der Waals surface area contributed by atoms with Gasteiger partial charge in [0.1, 0.15) is 0 Å². The van der Waals surface area contributed by atoms with E-state index < -0.39 is 0 Å². The molecule has 0 radical (unpaired) electrons. The lowest BCUT2D eigenvalue weighted by Gasteiger charge is -2.14. The molecule has 2 atom stereocenters. The molecule has 3 nitrogen and oxygen atoms in total. The molecule has 2 saturated heterocycles. The van der Waals surface area contributed by atoms with Crippen LogP contribution in [0.3, 0.4) is 0 Å². The Labute approximate surface area is 79.5 Å². The number of rotatable bonds is 2. The van der Waals surface area contributed by atoms with Gasteiger partial charge in [-0.15, -0.1) is 0 Å². The molecule has 2 heterocycles. The molecule has 0 spiro atoms. The molecule has 13 heavy (non-hydrogen) atoms. The fourth-order valence-electron chi connectivity index (χ4n) is 2.41. The van der Waals surface area contributed by atoms with Gasteiger partial charge in [0.2, 0.25) is 5.91 Å². The third kappa shape index (κ3) is 1.85. The van der Waals surface area contributed by atoms with Gasteiger partial charge in [0.15, 0.2) is 0 Å². The molecule has 0 aromatic carbocycles. The third-order valence-corrected chi connectivity index (χ3v) is 3.27. The summed E-state index contributed by atoms with van der Waals surface area (Å²) < 4.78 is 0. The van der Waals surface area contributed by atoms with Crippen LogP contribution >= 0.6 is 0 Å². The summed E-state index contributed by atoms with van der Waals surface area (Å²) in [6.07, 6.45) is 4.66. The Morgan fingerprint density at radius 1 is 1.54 bits per heavy atom. The summed E-state index contributed by atoms with van der Waals surface area (Å²) in [5.74, 6) is 0.661. The van der Waals surface area contributed by atoms with Crippen molar-refractivity contribution in [3.05, 3.63) is 0 Å². The summed E-state index contributed by atoms with van der Waals surface area (Å²) in [6.45, 7) is 2.09. The monoisotopic (exact) mass is 182 g/mol. The van der Waals surface area contributed by atoms with Gasteiger partial charge in [-0.2, -0.15) is 0 Å². The van der Waals surface area contributed by atoms with E-state index >= 15 is 0 Å². The predicted octanol–water partition coefficient (Wildman–Crippen LogP) is 0.607. The van der Waals surface area contributed by atoms with Crippen LogP contribution in [0.1, 0.15) is 25.7 Å². The summed E-state index contributed by atoms with van der Waals surface area (Å²) in [4.78, 5) is 13.5. The Kier molecular flexibility index (Phi) is 2.54. The van der Waals surface area contributed by atoms with Crippen molar-refractivity contribution in [3.8, 4) is 0 Å². The second kappa shape index (κ2) is 3.66. The molecule has 74 valence electrons. The maximum absolute atomic E-state index is 11.6. The van der Waals surface area contributed by atoms with Gasteiger partial charge in [-0.3, -0.25) is 4.79 Å². The fraction of sp³-hybridized carbons (Fsp3) is 0.900. The fourth-order valence-corrected chi connectivity index (χ4v) is 2.41. The van der Waals surface area contributed by atoms with E-state index in [2.05, 4.69) is 5.32 Å². The molecule has 3 heteroatoms. The summed E-state index contributed by atoms with van der Waals surface area (Å²) in [5, 5.41) is 3.45. The average Bonchev–Trinajstić information content (AvgIpc) is 2.71. The van der Waals surface area contributed by atoms with Crippen molar-refractivity contribution in [1.29, 1.82) is 0 Å². The second-order valence-electron chi connectivity index (χ2n) is 4.27. The normalized spacial score (nSPS) is 34.5. The zero-order chi connectivity index (χ0) is 9.26. The van der Waals surface area contributed by atoms with E-state index in [1.54, 1.807) is 0 Å².